The minimum absolute atomic E-state index is 0.167. The van der Waals surface area contributed by atoms with E-state index in [-0.39, 0.29) is 17.6 Å². The van der Waals surface area contributed by atoms with Gasteiger partial charge in [-0.3, -0.25) is 9.59 Å². The molecule has 1 aliphatic heterocycles. The first-order valence-corrected chi connectivity index (χ1v) is 7.26. The van der Waals surface area contributed by atoms with Crippen molar-refractivity contribution in [2.75, 3.05) is 13.1 Å². The second-order valence-corrected chi connectivity index (χ2v) is 5.77. The number of aromatic amines is 1. The van der Waals surface area contributed by atoms with E-state index >= 15 is 0 Å². The highest BCUT2D eigenvalue weighted by Gasteiger charge is 2.28. The number of hydrogen-bond acceptors (Lipinski definition) is 2. The van der Waals surface area contributed by atoms with Crippen LogP contribution < -0.4 is 0 Å². The number of nitrogens with one attached hydrogen (secondary N) is 1. The van der Waals surface area contributed by atoms with Gasteiger partial charge in [0.1, 0.15) is 11.5 Å². The number of likely N-dealkylation sites (tertiary alicyclic amines) is 1. The number of rotatable bonds is 2. The zero-order chi connectivity index (χ0) is 15.9. The molecule has 1 aromatic carbocycles. The predicted molar refractivity (Wildman–Crippen MR) is 79.3 cm³/mol. The van der Waals surface area contributed by atoms with Crippen molar-refractivity contribution in [3.63, 3.8) is 0 Å². The van der Waals surface area contributed by atoms with Gasteiger partial charge in [0.2, 0.25) is 0 Å². The Hall–Kier alpha value is -2.37. The summed E-state index contributed by atoms with van der Waals surface area (Å²) in [7, 11) is 0. The van der Waals surface area contributed by atoms with Crippen LogP contribution in [0, 0.1) is 18.7 Å². The van der Waals surface area contributed by atoms with Crippen LogP contribution in [0.4, 0.5) is 4.39 Å². The van der Waals surface area contributed by atoms with E-state index in [9.17, 15) is 14.0 Å². The van der Waals surface area contributed by atoms with E-state index < -0.39 is 5.97 Å². The van der Waals surface area contributed by atoms with Crippen molar-refractivity contribution in [2.45, 2.75) is 19.8 Å². The third-order valence-electron chi connectivity index (χ3n) is 4.27. The number of carbonyl (C=O) groups excluding carboxylic acids is 1. The van der Waals surface area contributed by atoms with Gasteiger partial charge in [0.25, 0.3) is 5.91 Å². The van der Waals surface area contributed by atoms with Crippen molar-refractivity contribution < 1.29 is 19.1 Å². The van der Waals surface area contributed by atoms with Gasteiger partial charge in [0.15, 0.2) is 0 Å². The third kappa shape index (κ3) is 2.56. The molecule has 0 bridgehead atoms. The number of nitrogens with zero attached hydrogens (tertiary/aromatic N) is 1. The number of aryl methyl sites for hydroxylation is 1. The summed E-state index contributed by atoms with van der Waals surface area (Å²) in [6.45, 7) is 2.66. The third-order valence-corrected chi connectivity index (χ3v) is 4.27. The largest absolute Gasteiger partial charge is 0.481 e. The van der Waals surface area contributed by atoms with Crippen LogP contribution in [-0.4, -0.2) is 40.0 Å². The quantitative estimate of drug-likeness (QED) is 0.895. The number of aliphatic carboxylic acids is 1. The second kappa shape index (κ2) is 5.44. The summed E-state index contributed by atoms with van der Waals surface area (Å²) in [5.74, 6) is -1.68. The van der Waals surface area contributed by atoms with Crippen LogP contribution in [0.3, 0.4) is 0 Å². The second-order valence-electron chi connectivity index (χ2n) is 5.77. The number of fused-ring (bicyclic) bond motifs is 1. The smallest absolute Gasteiger partial charge is 0.306 e. The van der Waals surface area contributed by atoms with Gasteiger partial charge in [0.05, 0.1) is 5.92 Å². The Morgan fingerprint density at radius 3 is 2.59 bits per heavy atom. The van der Waals surface area contributed by atoms with Crippen LogP contribution >= 0.6 is 0 Å². The van der Waals surface area contributed by atoms with Crippen LogP contribution in [0.5, 0.6) is 0 Å². The summed E-state index contributed by atoms with van der Waals surface area (Å²) < 4.78 is 13.4. The minimum Gasteiger partial charge on any atom is -0.481 e. The highest BCUT2D eigenvalue weighted by molar-refractivity contribution is 5.99. The molecule has 0 aliphatic carbocycles. The molecule has 5 nitrogen and oxygen atoms in total. The molecule has 0 spiro atoms. The SMILES string of the molecule is Cc1cc(F)cc2[nH]c(C(=O)N3CCC(C(=O)O)CC3)cc12. The standard InChI is InChI=1S/C16H17FN2O3/c1-9-6-11(17)7-13-12(9)8-14(18-13)15(20)19-4-2-10(3-5-19)16(21)22/h6-8,10,18H,2-5H2,1H3,(H,21,22). The highest BCUT2D eigenvalue weighted by Crippen LogP contribution is 2.24. The van der Waals surface area contributed by atoms with Crippen LogP contribution in [0.25, 0.3) is 10.9 Å². The molecule has 1 amide bonds. The van der Waals surface area contributed by atoms with E-state index in [0.717, 1.165) is 10.9 Å². The molecular weight excluding hydrogens is 287 g/mol. The van der Waals surface area contributed by atoms with E-state index in [1.165, 1.54) is 12.1 Å². The molecule has 1 saturated heterocycles. The molecule has 1 aliphatic rings. The van der Waals surface area contributed by atoms with Crippen molar-refractivity contribution in [3.05, 3.63) is 35.3 Å². The lowest BCUT2D eigenvalue weighted by Gasteiger charge is -2.29. The van der Waals surface area contributed by atoms with Crippen molar-refractivity contribution in [3.8, 4) is 0 Å². The van der Waals surface area contributed by atoms with Gasteiger partial charge in [-0.05, 0) is 43.5 Å². The average molecular weight is 304 g/mol. The Kier molecular flexibility index (Phi) is 3.60. The molecule has 3 rings (SSSR count). The van der Waals surface area contributed by atoms with Crippen molar-refractivity contribution in [2.24, 2.45) is 5.92 Å². The molecular formula is C16H17FN2O3. The number of benzene rings is 1. The first-order valence-electron chi connectivity index (χ1n) is 7.26. The molecule has 116 valence electrons. The molecule has 0 atom stereocenters. The molecule has 1 fully saturated rings. The van der Waals surface area contributed by atoms with Gasteiger partial charge in [-0.2, -0.15) is 0 Å². The van der Waals surface area contributed by atoms with Gasteiger partial charge in [-0.15, -0.1) is 0 Å². The minimum atomic E-state index is -0.802. The number of H-pyrrole nitrogens is 1. The molecule has 2 aromatic rings. The van der Waals surface area contributed by atoms with Crippen molar-refractivity contribution in [1.82, 2.24) is 9.88 Å². The van der Waals surface area contributed by atoms with E-state index in [0.29, 0.717) is 37.1 Å². The zero-order valence-corrected chi connectivity index (χ0v) is 12.2. The van der Waals surface area contributed by atoms with Gasteiger partial charge >= 0.3 is 5.97 Å². The summed E-state index contributed by atoms with van der Waals surface area (Å²) in [5, 5.41) is 9.81. The average Bonchev–Trinajstić information content (AvgIpc) is 2.90. The zero-order valence-electron chi connectivity index (χ0n) is 12.2. The number of carboxylic acids is 1. The lowest BCUT2D eigenvalue weighted by Crippen LogP contribution is -2.40. The maximum atomic E-state index is 13.4. The van der Waals surface area contributed by atoms with Crippen LogP contribution in [0.2, 0.25) is 0 Å². The summed E-state index contributed by atoms with van der Waals surface area (Å²) in [5.41, 5.74) is 1.79. The number of amides is 1. The van der Waals surface area contributed by atoms with Crippen molar-refractivity contribution >= 4 is 22.8 Å². The lowest BCUT2D eigenvalue weighted by molar-refractivity contribution is -0.143. The van der Waals surface area contributed by atoms with Crippen LogP contribution in [0.1, 0.15) is 28.9 Å². The van der Waals surface area contributed by atoms with Crippen LogP contribution in [0.15, 0.2) is 18.2 Å². The van der Waals surface area contributed by atoms with E-state index in [4.69, 9.17) is 5.11 Å². The lowest BCUT2D eigenvalue weighted by atomic mass is 9.97. The topological polar surface area (TPSA) is 73.4 Å². The number of carboxylic acid groups (broad SMARTS) is 1. The van der Waals surface area contributed by atoms with E-state index in [2.05, 4.69) is 4.98 Å². The van der Waals surface area contributed by atoms with Gasteiger partial charge in [0, 0.05) is 24.0 Å². The van der Waals surface area contributed by atoms with Crippen molar-refractivity contribution in [1.29, 1.82) is 0 Å². The van der Waals surface area contributed by atoms with E-state index in [1.807, 2.05) is 0 Å². The molecule has 1 aromatic heterocycles. The summed E-state index contributed by atoms with van der Waals surface area (Å²) in [6.07, 6.45) is 0.934. The van der Waals surface area contributed by atoms with Crippen LogP contribution in [-0.2, 0) is 4.79 Å². The normalized spacial score (nSPS) is 16.2. The fraction of sp³-hybridized carbons (Fsp3) is 0.375. The van der Waals surface area contributed by atoms with Gasteiger partial charge in [-0.25, -0.2) is 4.39 Å². The highest BCUT2D eigenvalue weighted by atomic mass is 19.1. The molecule has 2 heterocycles. The maximum Gasteiger partial charge on any atom is 0.306 e. The number of carbonyl (C=O) groups is 2. The Bertz CT molecular complexity index is 745. The molecule has 0 saturated carbocycles. The number of piperidine rings is 1. The molecule has 2 N–H and O–H groups in total. The summed E-state index contributed by atoms with van der Waals surface area (Å²) in [4.78, 5) is 28.0. The van der Waals surface area contributed by atoms with Gasteiger partial charge in [-0.1, -0.05) is 0 Å². The Morgan fingerprint density at radius 2 is 1.95 bits per heavy atom. The molecule has 22 heavy (non-hydrogen) atoms. The fourth-order valence-electron chi connectivity index (χ4n) is 2.99. The van der Waals surface area contributed by atoms with E-state index in [1.54, 1.807) is 17.9 Å². The Balaban J connectivity index is 1.81. The maximum absolute atomic E-state index is 13.4. The monoisotopic (exact) mass is 304 g/mol. The number of hydrogen-bond donors (Lipinski definition) is 2. The first kappa shape index (κ1) is 14.6. The number of halogens is 1. The Labute approximate surface area is 126 Å². The summed E-state index contributed by atoms with van der Waals surface area (Å²) in [6, 6.07) is 4.54. The predicted octanol–water partition coefficient (Wildman–Crippen LogP) is 2.55. The van der Waals surface area contributed by atoms with Gasteiger partial charge < -0.3 is 15.0 Å². The Morgan fingerprint density at radius 1 is 1.27 bits per heavy atom. The number of aromatic nitrogens is 1. The molecule has 0 unspecified atom stereocenters. The molecule has 0 radical (unpaired) electrons. The fourth-order valence-corrected chi connectivity index (χ4v) is 2.99. The molecule has 6 heteroatoms. The summed E-state index contributed by atoms with van der Waals surface area (Å²) >= 11 is 0. The first-order chi connectivity index (χ1) is 10.5.